The Kier molecular flexibility index (Phi) is 6.39. The Labute approximate surface area is 160 Å². The van der Waals surface area contributed by atoms with Crippen molar-refractivity contribution in [2.75, 3.05) is 5.75 Å². The first-order chi connectivity index (χ1) is 12.7. The van der Waals surface area contributed by atoms with Gasteiger partial charge in [0, 0.05) is 5.02 Å². The number of sulfone groups is 1. The van der Waals surface area contributed by atoms with Crippen molar-refractivity contribution in [2.45, 2.75) is 5.75 Å². The molecule has 2 rings (SSSR count). The molecule has 0 fully saturated rings. The Morgan fingerprint density at radius 2 is 1.78 bits per heavy atom. The summed E-state index contributed by atoms with van der Waals surface area (Å²) >= 11 is 5.73. The SMILES string of the molecule is N#Cc1ccc(CS(=O)(=O)CC(=O)NNC(=O)c2cc(Cl)ccc2O)cc1. The lowest BCUT2D eigenvalue weighted by Gasteiger charge is -2.09. The van der Waals surface area contributed by atoms with Gasteiger partial charge in [0.2, 0.25) is 0 Å². The highest BCUT2D eigenvalue weighted by atomic mass is 35.5. The standard InChI is InChI=1S/C17H14ClN3O5S/c18-13-5-6-15(22)14(7-13)17(24)21-20-16(23)10-27(25,26)9-12-3-1-11(8-19)2-4-12/h1-7,22H,9-10H2,(H,20,23)(H,21,24). The summed E-state index contributed by atoms with van der Waals surface area (Å²) < 4.78 is 24.2. The van der Waals surface area contributed by atoms with Crippen molar-refractivity contribution in [1.29, 1.82) is 5.26 Å². The summed E-state index contributed by atoms with van der Waals surface area (Å²) in [6, 6.07) is 11.6. The molecule has 0 radical (unpaired) electrons. The fourth-order valence-electron chi connectivity index (χ4n) is 2.10. The summed E-state index contributed by atoms with van der Waals surface area (Å²) in [6.45, 7) is 0. The zero-order valence-electron chi connectivity index (χ0n) is 13.8. The summed E-state index contributed by atoms with van der Waals surface area (Å²) in [5.41, 5.74) is 4.62. The van der Waals surface area contributed by atoms with Gasteiger partial charge in [0.05, 0.1) is 22.9 Å². The predicted molar refractivity (Wildman–Crippen MR) is 97.4 cm³/mol. The number of phenolic OH excluding ortho intramolecular Hbond substituents is 1. The van der Waals surface area contributed by atoms with Crippen LogP contribution in [-0.2, 0) is 20.4 Å². The third-order valence-electron chi connectivity index (χ3n) is 3.34. The van der Waals surface area contributed by atoms with Gasteiger partial charge >= 0.3 is 0 Å². The number of halogens is 1. The van der Waals surface area contributed by atoms with Crippen LogP contribution < -0.4 is 10.9 Å². The van der Waals surface area contributed by atoms with E-state index in [1.807, 2.05) is 16.9 Å². The number of aromatic hydroxyl groups is 1. The van der Waals surface area contributed by atoms with Crippen LogP contribution in [0.3, 0.4) is 0 Å². The third-order valence-corrected chi connectivity index (χ3v) is 5.05. The van der Waals surface area contributed by atoms with E-state index in [0.717, 1.165) is 0 Å². The molecule has 0 atom stereocenters. The van der Waals surface area contributed by atoms with Crippen molar-refractivity contribution in [1.82, 2.24) is 10.9 Å². The molecule has 10 heteroatoms. The quantitative estimate of drug-likeness (QED) is 0.639. The summed E-state index contributed by atoms with van der Waals surface area (Å²) in [7, 11) is -3.80. The van der Waals surface area contributed by atoms with Crippen molar-refractivity contribution in [2.24, 2.45) is 0 Å². The Bertz CT molecular complexity index is 1010. The smallest absolute Gasteiger partial charge is 0.273 e. The van der Waals surface area contributed by atoms with Gasteiger partial charge in [-0.2, -0.15) is 5.26 Å². The minimum atomic E-state index is -3.80. The minimum Gasteiger partial charge on any atom is -0.507 e. The number of hydrogen-bond acceptors (Lipinski definition) is 6. The normalized spacial score (nSPS) is 10.7. The highest BCUT2D eigenvalue weighted by molar-refractivity contribution is 7.91. The molecule has 0 heterocycles. The highest BCUT2D eigenvalue weighted by Gasteiger charge is 2.19. The average molecular weight is 408 g/mol. The second kappa shape index (κ2) is 8.53. The van der Waals surface area contributed by atoms with Gasteiger partial charge in [0.25, 0.3) is 11.8 Å². The molecule has 0 aliphatic heterocycles. The van der Waals surface area contributed by atoms with Crippen molar-refractivity contribution in [3.63, 3.8) is 0 Å². The molecule has 0 aromatic heterocycles. The van der Waals surface area contributed by atoms with E-state index in [0.29, 0.717) is 11.1 Å². The molecule has 0 bridgehead atoms. The molecule has 140 valence electrons. The number of carbonyl (C=O) groups excluding carboxylic acids is 2. The van der Waals surface area contributed by atoms with Gasteiger partial charge in [-0.25, -0.2) is 8.42 Å². The highest BCUT2D eigenvalue weighted by Crippen LogP contribution is 2.21. The first kappa shape index (κ1) is 20.2. The summed E-state index contributed by atoms with van der Waals surface area (Å²) in [4.78, 5) is 23.7. The summed E-state index contributed by atoms with van der Waals surface area (Å²) in [6.07, 6.45) is 0. The number of phenols is 1. The van der Waals surface area contributed by atoms with Crippen LogP contribution in [0.2, 0.25) is 5.02 Å². The van der Waals surface area contributed by atoms with Gasteiger partial charge < -0.3 is 5.11 Å². The van der Waals surface area contributed by atoms with Gasteiger partial charge in [-0.3, -0.25) is 20.4 Å². The predicted octanol–water partition coefficient (Wildman–Crippen LogP) is 1.29. The minimum absolute atomic E-state index is 0.178. The Hall–Kier alpha value is -3.09. The maximum atomic E-state index is 12.1. The number of rotatable bonds is 5. The molecule has 2 aromatic rings. The molecule has 2 amide bonds. The molecule has 2 aromatic carbocycles. The van der Waals surface area contributed by atoms with Crippen molar-refractivity contribution >= 4 is 33.3 Å². The number of carbonyl (C=O) groups is 2. The fraction of sp³-hybridized carbons (Fsp3) is 0.118. The fourth-order valence-corrected chi connectivity index (χ4v) is 3.55. The van der Waals surface area contributed by atoms with Gasteiger partial charge in [-0.15, -0.1) is 0 Å². The molecule has 0 saturated heterocycles. The van der Waals surface area contributed by atoms with E-state index in [9.17, 15) is 23.1 Å². The molecular weight excluding hydrogens is 394 g/mol. The molecule has 0 spiro atoms. The number of amides is 2. The summed E-state index contributed by atoms with van der Waals surface area (Å²) in [5.74, 6) is -3.39. The Balaban J connectivity index is 1.92. The van der Waals surface area contributed by atoms with Crippen LogP contribution in [0.25, 0.3) is 0 Å². The van der Waals surface area contributed by atoms with Crippen LogP contribution in [0.15, 0.2) is 42.5 Å². The van der Waals surface area contributed by atoms with Gasteiger partial charge in [0.15, 0.2) is 9.84 Å². The molecule has 3 N–H and O–H groups in total. The molecule has 0 saturated carbocycles. The largest absolute Gasteiger partial charge is 0.507 e. The van der Waals surface area contributed by atoms with Gasteiger partial charge in [0.1, 0.15) is 11.5 Å². The molecule has 0 aliphatic rings. The number of benzene rings is 2. The zero-order valence-corrected chi connectivity index (χ0v) is 15.3. The van der Waals surface area contributed by atoms with Crippen LogP contribution >= 0.6 is 11.6 Å². The van der Waals surface area contributed by atoms with E-state index < -0.39 is 33.2 Å². The zero-order chi connectivity index (χ0) is 20.0. The van der Waals surface area contributed by atoms with E-state index in [-0.39, 0.29) is 16.3 Å². The van der Waals surface area contributed by atoms with Gasteiger partial charge in [-0.05, 0) is 35.9 Å². The number of hydrazine groups is 1. The monoisotopic (exact) mass is 407 g/mol. The third kappa shape index (κ3) is 5.99. The van der Waals surface area contributed by atoms with Crippen molar-refractivity contribution in [3.05, 3.63) is 64.2 Å². The molecule has 0 unspecified atom stereocenters. The second-order valence-electron chi connectivity index (χ2n) is 5.50. The van der Waals surface area contributed by atoms with Crippen molar-refractivity contribution < 1.29 is 23.1 Å². The first-order valence-corrected chi connectivity index (χ1v) is 9.67. The van der Waals surface area contributed by atoms with E-state index >= 15 is 0 Å². The van der Waals surface area contributed by atoms with E-state index in [1.54, 1.807) is 0 Å². The van der Waals surface area contributed by atoms with E-state index in [1.165, 1.54) is 42.5 Å². The van der Waals surface area contributed by atoms with E-state index in [4.69, 9.17) is 16.9 Å². The summed E-state index contributed by atoms with van der Waals surface area (Å²) in [5, 5.41) is 18.5. The van der Waals surface area contributed by atoms with Crippen LogP contribution in [0.4, 0.5) is 0 Å². The molecule has 0 aliphatic carbocycles. The molecule has 27 heavy (non-hydrogen) atoms. The van der Waals surface area contributed by atoms with Gasteiger partial charge in [-0.1, -0.05) is 23.7 Å². The van der Waals surface area contributed by atoms with Crippen molar-refractivity contribution in [3.8, 4) is 11.8 Å². The second-order valence-corrected chi connectivity index (χ2v) is 8.01. The lowest BCUT2D eigenvalue weighted by atomic mass is 10.2. The van der Waals surface area contributed by atoms with Crippen LogP contribution in [-0.4, -0.2) is 31.1 Å². The first-order valence-electron chi connectivity index (χ1n) is 7.47. The number of nitrogens with zero attached hydrogens (tertiary/aromatic N) is 1. The Morgan fingerprint density at radius 3 is 2.41 bits per heavy atom. The number of nitrogens with one attached hydrogen (secondary N) is 2. The maximum absolute atomic E-state index is 12.1. The lowest BCUT2D eigenvalue weighted by molar-refractivity contribution is -0.119. The number of hydrogen-bond donors (Lipinski definition) is 3. The van der Waals surface area contributed by atoms with Crippen LogP contribution in [0.5, 0.6) is 5.75 Å². The topological polar surface area (TPSA) is 136 Å². The van der Waals surface area contributed by atoms with Crippen LogP contribution in [0.1, 0.15) is 21.5 Å². The molecular formula is C17H14ClN3O5S. The number of nitriles is 1. The lowest BCUT2D eigenvalue weighted by Crippen LogP contribution is -2.44. The maximum Gasteiger partial charge on any atom is 0.273 e. The molecule has 8 nitrogen and oxygen atoms in total. The van der Waals surface area contributed by atoms with E-state index in [2.05, 4.69) is 0 Å². The Morgan fingerprint density at radius 1 is 1.11 bits per heavy atom. The van der Waals surface area contributed by atoms with Crippen LogP contribution in [0, 0.1) is 11.3 Å². The average Bonchev–Trinajstić information content (AvgIpc) is 2.61.